The zero-order chi connectivity index (χ0) is 14.2. The summed E-state index contributed by atoms with van der Waals surface area (Å²) in [6.45, 7) is 0. The number of pyridine rings is 1. The van der Waals surface area contributed by atoms with Crippen molar-refractivity contribution in [2.75, 3.05) is 4.72 Å². The van der Waals surface area contributed by atoms with Crippen molar-refractivity contribution in [3.8, 4) is 0 Å². The number of H-pyrrole nitrogens is 1. The summed E-state index contributed by atoms with van der Waals surface area (Å²) in [6.07, 6.45) is 1.42. The number of imidazole rings is 1. The van der Waals surface area contributed by atoms with Gasteiger partial charge in [0.1, 0.15) is 10.0 Å². The van der Waals surface area contributed by atoms with Gasteiger partial charge in [0.2, 0.25) is 5.95 Å². The number of sulfonamides is 1. The molecule has 1 aromatic carbocycles. The van der Waals surface area contributed by atoms with Gasteiger partial charge in [0, 0.05) is 6.20 Å². The number of rotatable bonds is 3. The van der Waals surface area contributed by atoms with E-state index in [1.165, 1.54) is 18.3 Å². The Bertz CT molecular complexity index is 843. The average molecular weight is 309 g/mol. The molecule has 0 bridgehead atoms. The monoisotopic (exact) mass is 308 g/mol. The molecule has 2 aromatic heterocycles. The summed E-state index contributed by atoms with van der Waals surface area (Å²) in [7, 11) is -3.83. The van der Waals surface area contributed by atoms with Crippen LogP contribution in [0.15, 0.2) is 47.5 Å². The highest BCUT2D eigenvalue weighted by atomic mass is 35.5. The lowest BCUT2D eigenvalue weighted by Gasteiger charge is -2.05. The second-order valence-corrected chi connectivity index (χ2v) is 6.01. The van der Waals surface area contributed by atoms with Crippen molar-refractivity contribution < 1.29 is 8.42 Å². The maximum atomic E-state index is 12.2. The van der Waals surface area contributed by atoms with Gasteiger partial charge in [-0.25, -0.2) is 23.1 Å². The number of nitrogens with one attached hydrogen (secondary N) is 2. The normalized spacial score (nSPS) is 11.7. The fraction of sp³-hybridized carbons (Fsp3) is 0. The molecule has 3 rings (SSSR count). The number of aromatic amines is 1. The zero-order valence-electron chi connectivity index (χ0n) is 10.0. The van der Waals surface area contributed by atoms with E-state index in [0.717, 1.165) is 5.52 Å². The molecule has 6 nitrogen and oxygen atoms in total. The van der Waals surface area contributed by atoms with Gasteiger partial charge in [-0.1, -0.05) is 23.7 Å². The Balaban J connectivity index is 1.99. The van der Waals surface area contributed by atoms with Crippen LogP contribution in [0.5, 0.6) is 0 Å². The molecular weight excluding hydrogens is 300 g/mol. The molecule has 0 amide bonds. The minimum absolute atomic E-state index is 0.0869. The van der Waals surface area contributed by atoms with Crippen molar-refractivity contribution in [1.29, 1.82) is 0 Å². The number of aromatic nitrogens is 3. The molecule has 2 heterocycles. The summed E-state index contributed by atoms with van der Waals surface area (Å²) in [5, 5.41) is -0.0869. The van der Waals surface area contributed by atoms with Gasteiger partial charge in [0.15, 0.2) is 0 Å². The molecule has 0 aliphatic rings. The van der Waals surface area contributed by atoms with Crippen LogP contribution in [0, 0.1) is 0 Å². The molecule has 0 radical (unpaired) electrons. The van der Waals surface area contributed by atoms with Gasteiger partial charge >= 0.3 is 0 Å². The van der Waals surface area contributed by atoms with E-state index in [9.17, 15) is 8.42 Å². The smallest absolute Gasteiger partial charge is 0.267 e. The van der Waals surface area contributed by atoms with Crippen LogP contribution in [0.1, 0.15) is 0 Å². The summed E-state index contributed by atoms with van der Waals surface area (Å²) in [4.78, 5) is 10.7. The highest BCUT2D eigenvalue weighted by Crippen LogP contribution is 2.21. The van der Waals surface area contributed by atoms with Gasteiger partial charge in [-0.15, -0.1) is 0 Å². The molecule has 0 saturated carbocycles. The fourth-order valence-electron chi connectivity index (χ4n) is 1.76. The van der Waals surface area contributed by atoms with Crippen LogP contribution in [0.3, 0.4) is 0 Å². The third-order valence-corrected chi connectivity index (χ3v) is 4.42. The Labute approximate surface area is 119 Å². The predicted molar refractivity (Wildman–Crippen MR) is 76.1 cm³/mol. The van der Waals surface area contributed by atoms with Crippen LogP contribution in [0.2, 0.25) is 5.15 Å². The summed E-state index contributed by atoms with van der Waals surface area (Å²) in [5.74, 6) is 0.131. The van der Waals surface area contributed by atoms with Gasteiger partial charge in [-0.2, -0.15) is 0 Å². The molecule has 3 aromatic rings. The largest absolute Gasteiger partial charge is 0.323 e. The standard InChI is InChI=1S/C12H9ClN4O2S/c13-11-10(6-3-7-14-11)20(18,19)17-12-15-8-4-1-2-5-9(8)16-12/h1-7H,(H2,15,16,17). The number of nitrogens with zero attached hydrogens (tertiary/aromatic N) is 2. The quantitative estimate of drug-likeness (QED) is 0.727. The molecule has 8 heteroatoms. The Morgan fingerprint density at radius 2 is 1.95 bits per heavy atom. The van der Waals surface area contributed by atoms with Crippen LogP contribution in [0.4, 0.5) is 5.95 Å². The van der Waals surface area contributed by atoms with E-state index in [1.54, 1.807) is 12.1 Å². The van der Waals surface area contributed by atoms with Crippen molar-refractivity contribution in [3.63, 3.8) is 0 Å². The van der Waals surface area contributed by atoms with E-state index in [0.29, 0.717) is 5.52 Å². The maximum absolute atomic E-state index is 12.2. The molecule has 0 atom stereocenters. The molecule has 2 N–H and O–H groups in total. The Kier molecular flexibility index (Phi) is 3.07. The first-order valence-electron chi connectivity index (χ1n) is 5.64. The molecule has 0 saturated heterocycles. The van der Waals surface area contributed by atoms with E-state index in [1.807, 2.05) is 12.1 Å². The molecule has 102 valence electrons. The lowest BCUT2D eigenvalue weighted by atomic mass is 10.3. The highest BCUT2D eigenvalue weighted by molar-refractivity contribution is 7.92. The number of para-hydroxylation sites is 2. The third-order valence-electron chi connectivity index (χ3n) is 2.63. The van der Waals surface area contributed by atoms with Crippen molar-refractivity contribution in [1.82, 2.24) is 15.0 Å². The summed E-state index contributed by atoms with van der Waals surface area (Å²) in [6, 6.07) is 10.1. The van der Waals surface area contributed by atoms with Crippen molar-refractivity contribution in [2.24, 2.45) is 0 Å². The predicted octanol–water partition coefficient (Wildman–Crippen LogP) is 2.41. The van der Waals surface area contributed by atoms with Crippen molar-refractivity contribution in [2.45, 2.75) is 4.90 Å². The average Bonchev–Trinajstić information content (AvgIpc) is 2.80. The number of halogens is 1. The van der Waals surface area contributed by atoms with Crippen molar-refractivity contribution in [3.05, 3.63) is 47.7 Å². The lowest BCUT2D eigenvalue weighted by Crippen LogP contribution is -2.14. The van der Waals surface area contributed by atoms with Crippen LogP contribution in [0.25, 0.3) is 11.0 Å². The second-order valence-electron chi connectivity index (χ2n) is 4.00. The molecule has 0 unspecified atom stereocenters. The van der Waals surface area contributed by atoms with Crippen LogP contribution < -0.4 is 4.72 Å². The topological polar surface area (TPSA) is 87.7 Å². The number of benzene rings is 1. The van der Waals surface area contributed by atoms with Gasteiger partial charge < -0.3 is 4.98 Å². The maximum Gasteiger partial charge on any atom is 0.267 e. The van der Waals surface area contributed by atoms with E-state index in [-0.39, 0.29) is 16.0 Å². The Morgan fingerprint density at radius 3 is 2.70 bits per heavy atom. The molecule has 0 aliphatic carbocycles. The van der Waals surface area contributed by atoms with Gasteiger partial charge in [-0.05, 0) is 24.3 Å². The first kappa shape index (κ1) is 12.9. The van der Waals surface area contributed by atoms with Gasteiger partial charge in [0.05, 0.1) is 11.0 Å². The first-order chi connectivity index (χ1) is 9.56. The van der Waals surface area contributed by atoms with E-state index < -0.39 is 10.0 Å². The Morgan fingerprint density at radius 1 is 1.15 bits per heavy atom. The van der Waals surface area contributed by atoms with Crippen molar-refractivity contribution >= 4 is 38.6 Å². The third kappa shape index (κ3) is 2.33. The SMILES string of the molecule is O=S(=O)(Nc1nc2ccccc2[nH]1)c1cccnc1Cl. The summed E-state index contributed by atoms with van der Waals surface area (Å²) >= 11 is 5.79. The van der Waals surface area contributed by atoms with Crippen LogP contribution in [-0.2, 0) is 10.0 Å². The number of fused-ring (bicyclic) bond motifs is 1. The Hall–Kier alpha value is -2.12. The minimum Gasteiger partial charge on any atom is -0.323 e. The van der Waals surface area contributed by atoms with E-state index in [2.05, 4.69) is 19.7 Å². The minimum atomic E-state index is -3.83. The van der Waals surface area contributed by atoms with E-state index >= 15 is 0 Å². The molecule has 20 heavy (non-hydrogen) atoms. The number of anilines is 1. The fourth-order valence-corrected chi connectivity index (χ4v) is 3.17. The number of hydrogen-bond donors (Lipinski definition) is 2. The highest BCUT2D eigenvalue weighted by Gasteiger charge is 2.19. The molecule has 0 aliphatic heterocycles. The summed E-state index contributed by atoms with van der Waals surface area (Å²) in [5.41, 5.74) is 1.41. The lowest BCUT2D eigenvalue weighted by molar-refractivity contribution is 0.600. The van der Waals surface area contributed by atoms with Crippen LogP contribution >= 0.6 is 11.6 Å². The second kappa shape index (κ2) is 4.77. The first-order valence-corrected chi connectivity index (χ1v) is 7.50. The molecule has 0 fully saturated rings. The molecule has 0 spiro atoms. The summed E-state index contributed by atoms with van der Waals surface area (Å²) < 4.78 is 26.8. The van der Waals surface area contributed by atoms with Crippen LogP contribution in [-0.4, -0.2) is 23.4 Å². The van der Waals surface area contributed by atoms with Gasteiger partial charge in [0.25, 0.3) is 10.0 Å². The molecular formula is C12H9ClN4O2S. The number of hydrogen-bond acceptors (Lipinski definition) is 4. The van der Waals surface area contributed by atoms with Gasteiger partial charge in [-0.3, -0.25) is 0 Å². The zero-order valence-corrected chi connectivity index (χ0v) is 11.6. The van der Waals surface area contributed by atoms with E-state index in [4.69, 9.17) is 11.6 Å².